The summed E-state index contributed by atoms with van der Waals surface area (Å²) in [5, 5.41) is 26.0. The van der Waals surface area contributed by atoms with Crippen LogP contribution in [0.4, 0.5) is 0 Å². The lowest BCUT2D eigenvalue weighted by atomic mass is 9.43. The fraction of sp³-hybridized carbons (Fsp3) is 0.837. The first-order valence-electron chi connectivity index (χ1n) is 23.7. The van der Waals surface area contributed by atoms with E-state index < -0.39 is 64.8 Å². The fourth-order valence-corrected chi connectivity index (χ4v) is 14.9. The molecule has 2 N–H and O–H groups in total. The van der Waals surface area contributed by atoms with E-state index in [9.17, 15) is 19.8 Å². The highest BCUT2D eigenvalue weighted by atomic mass is 16.6. The van der Waals surface area contributed by atoms with E-state index in [0.29, 0.717) is 18.6 Å². The molecule has 1 saturated heterocycles. The highest BCUT2D eigenvalue weighted by molar-refractivity contribution is 5.89. The molecule has 1 heterocycles. The van der Waals surface area contributed by atoms with Gasteiger partial charge in [0.25, 0.3) is 0 Å². The van der Waals surface area contributed by atoms with Gasteiger partial charge in [0.2, 0.25) is 0 Å². The second-order valence-corrected chi connectivity index (χ2v) is 19.8. The number of esters is 2. The molecule has 1 aromatic rings. The van der Waals surface area contributed by atoms with Crippen LogP contribution in [0, 0.1) is 34.5 Å². The maximum Gasteiger partial charge on any atom is 0.338 e. The fourth-order valence-electron chi connectivity index (χ4n) is 14.9. The average Bonchev–Trinajstić information content (AvgIpc) is 3.64. The number of aliphatic hydroxyl groups excluding tert-OH is 1. The normalized spacial score (nSPS) is 39.8. The number of likely N-dealkylation sites (tertiary alicyclic amines) is 1. The molecule has 11 nitrogen and oxygen atoms in total. The van der Waals surface area contributed by atoms with E-state index in [-0.39, 0.29) is 42.2 Å². The number of rotatable bonds is 24. The van der Waals surface area contributed by atoms with E-state index in [0.717, 1.165) is 38.6 Å². The van der Waals surface area contributed by atoms with Gasteiger partial charge in [-0.1, -0.05) is 115 Å². The van der Waals surface area contributed by atoms with Crippen LogP contribution in [0.25, 0.3) is 0 Å². The summed E-state index contributed by atoms with van der Waals surface area (Å²) in [6.07, 6.45) is 16.0. The van der Waals surface area contributed by atoms with E-state index in [1.54, 1.807) is 45.6 Å². The molecular weight excluding hydrogens is 763 g/mol. The van der Waals surface area contributed by atoms with E-state index in [1.165, 1.54) is 77.7 Å². The summed E-state index contributed by atoms with van der Waals surface area (Å²) in [6.45, 7) is 3.51. The first-order chi connectivity index (χ1) is 29.1. The molecular formula is C49H77NO10. The van der Waals surface area contributed by atoms with Gasteiger partial charge in [0.1, 0.15) is 23.9 Å². The number of ether oxygens (including phenoxy) is 6. The van der Waals surface area contributed by atoms with Crippen LogP contribution in [-0.2, 0) is 33.2 Å². The third-order valence-electron chi connectivity index (χ3n) is 16.7. The number of methoxy groups -OCH3 is 4. The monoisotopic (exact) mass is 840 g/mol. The van der Waals surface area contributed by atoms with Crippen molar-refractivity contribution in [2.24, 2.45) is 34.5 Å². The predicted molar refractivity (Wildman–Crippen MR) is 228 cm³/mol. The number of nitrogens with zero attached hydrogens (tertiary/aromatic N) is 1. The zero-order chi connectivity index (χ0) is 42.7. The van der Waals surface area contributed by atoms with Gasteiger partial charge in [-0.25, -0.2) is 4.79 Å². The molecule has 7 bridgehead atoms. The van der Waals surface area contributed by atoms with Gasteiger partial charge in [0.15, 0.2) is 5.60 Å². The Morgan fingerprint density at radius 3 is 1.98 bits per heavy atom. The third kappa shape index (κ3) is 7.49. The van der Waals surface area contributed by atoms with Gasteiger partial charge in [-0.2, -0.15) is 0 Å². The van der Waals surface area contributed by atoms with Gasteiger partial charge in [-0.3, -0.25) is 4.79 Å². The summed E-state index contributed by atoms with van der Waals surface area (Å²) in [5.41, 5.74) is -3.96. The third-order valence-corrected chi connectivity index (χ3v) is 16.7. The lowest BCUT2D eigenvalue weighted by Crippen LogP contribution is -2.80. The molecule has 14 atom stereocenters. The Balaban J connectivity index is 1.14. The zero-order valence-corrected chi connectivity index (χ0v) is 37.6. The van der Waals surface area contributed by atoms with E-state index in [4.69, 9.17) is 28.4 Å². The molecule has 0 aromatic heterocycles. The van der Waals surface area contributed by atoms with Gasteiger partial charge in [-0.15, -0.1) is 0 Å². The predicted octanol–water partition coefficient (Wildman–Crippen LogP) is 7.53. The van der Waals surface area contributed by atoms with Crippen LogP contribution in [0.3, 0.4) is 0 Å². The number of carbonyl (C=O) groups is 2. The Labute approximate surface area is 359 Å². The molecule has 0 amide bonds. The molecule has 1 spiro atoms. The molecule has 7 rings (SSSR count). The molecule has 1 aliphatic heterocycles. The van der Waals surface area contributed by atoms with Crippen LogP contribution in [0.15, 0.2) is 30.3 Å². The first kappa shape index (κ1) is 45.9. The van der Waals surface area contributed by atoms with Crippen molar-refractivity contribution in [3.05, 3.63) is 35.9 Å². The molecule has 0 radical (unpaired) electrons. The van der Waals surface area contributed by atoms with Crippen molar-refractivity contribution in [1.82, 2.24) is 4.90 Å². The van der Waals surface area contributed by atoms with E-state index in [2.05, 4.69) is 18.9 Å². The summed E-state index contributed by atoms with van der Waals surface area (Å²) >= 11 is 0. The number of piperidine rings is 1. The molecule has 60 heavy (non-hydrogen) atoms. The first-order valence-corrected chi connectivity index (χ1v) is 23.7. The minimum Gasteiger partial charge on any atom is -0.455 e. The molecule has 338 valence electrons. The Hall–Kier alpha value is -2.12. The second-order valence-electron chi connectivity index (χ2n) is 19.8. The van der Waals surface area contributed by atoms with Gasteiger partial charge in [0.05, 0.1) is 24.4 Å². The molecule has 5 saturated carbocycles. The number of aliphatic hydroxyl groups is 2. The standard InChI is InChI=1S/C49H77NO10/c1-7-8-9-10-11-12-13-14-15-16-17-18-19-20-24-27-36(51)60-49-37-34(30-47(54,44(58-6)42(49)52)43(37)59-45(53)33-25-22-21-23-26-33)48-35(56-4)28-29-46(32-55-3)31-50(2)41(48)38(49)39(57-5)40(46)48/h21-23,25-26,34-35,37-44,52,54H,7-20,24,27-32H2,1-6H3/t34-,35+,37-,38+,39+,40-,41-,42?,43-,44+,46+,47+,48+,49-/m1/s1. The van der Waals surface area contributed by atoms with Crippen molar-refractivity contribution in [2.75, 3.05) is 48.6 Å². The van der Waals surface area contributed by atoms with Crippen LogP contribution in [0.2, 0.25) is 0 Å². The van der Waals surface area contributed by atoms with Gasteiger partial charge in [-0.05, 0) is 50.8 Å². The molecule has 11 heteroatoms. The number of hydrogen-bond acceptors (Lipinski definition) is 11. The number of benzene rings is 1. The summed E-state index contributed by atoms with van der Waals surface area (Å²) in [5.74, 6) is -2.78. The van der Waals surface area contributed by atoms with Crippen LogP contribution < -0.4 is 0 Å². The largest absolute Gasteiger partial charge is 0.455 e. The Bertz CT molecular complexity index is 1580. The zero-order valence-electron chi connectivity index (χ0n) is 37.6. The van der Waals surface area contributed by atoms with Crippen molar-refractivity contribution < 1.29 is 48.2 Å². The quantitative estimate of drug-likeness (QED) is 0.0791. The lowest BCUT2D eigenvalue weighted by molar-refractivity contribution is -0.317. The molecule has 5 aliphatic carbocycles. The summed E-state index contributed by atoms with van der Waals surface area (Å²) in [4.78, 5) is 30.9. The Morgan fingerprint density at radius 2 is 1.42 bits per heavy atom. The minimum atomic E-state index is -1.77. The van der Waals surface area contributed by atoms with Crippen LogP contribution >= 0.6 is 0 Å². The van der Waals surface area contributed by atoms with Crippen LogP contribution in [0.1, 0.15) is 139 Å². The number of fused-ring (bicyclic) bond motifs is 2. The Morgan fingerprint density at radius 1 is 0.800 bits per heavy atom. The number of carbonyl (C=O) groups excluding carboxylic acids is 2. The van der Waals surface area contributed by atoms with Crippen molar-refractivity contribution in [3.63, 3.8) is 0 Å². The highest BCUT2D eigenvalue weighted by Gasteiger charge is 2.91. The Kier molecular flexibility index (Phi) is 14.8. The summed E-state index contributed by atoms with van der Waals surface area (Å²) in [6, 6.07) is 8.54. The molecule has 6 fully saturated rings. The number of unbranched alkanes of at least 4 members (excludes halogenated alkanes) is 14. The summed E-state index contributed by atoms with van der Waals surface area (Å²) < 4.78 is 38.8. The van der Waals surface area contributed by atoms with E-state index >= 15 is 0 Å². The molecule has 1 unspecified atom stereocenters. The van der Waals surface area contributed by atoms with Crippen molar-refractivity contribution >= 4 is 11.9 Å². The SMILES string of the molecule is CCCCCCCCCCCCCCCCCC(=O)O[C@]12C(O)[C@H](OC)[C@]3(O)C[C@H]([C@@H]1[C@H]3OC(=O)c1ccccc1)[C@@]13[C@@H](OC)CC[C@@]4(COC)CN(C)[C@@H]1[C@@H]2[C@H](OC)[C@H]43. The van der Waals surface area contributed by atoms with Crippen LogP contribution in [-0.4, -0.2) is 123 Å². The smallest absolute Gasteiger partial charge is 0.338 e. The number of hydrogen-bond donors (Lipinski definition) is 2. The van der Waals surface area contributed by atoms with Crippen molar-refractivity contribution in [3.8, 4) is 0 Å². The van der Waals surface area contributed by atoms with Crippen molar-refractivity contribution in [2.45, 2.75) is 177 Å². The van der Waals surface area contributed by atoms with Crippen molar-refractivity contribution in [1.29, 1.82) is 0 Å². The summed E-state index contributed by atoms with van der Waals surface area (Å²) in [7, 11) is 8.82. The van der Waals surface area contributed by atoms with Gasteiger partial charge < -0.3 is 43.5 Å². The minimum absolute atomic E-state index is 0.109. The van der Waals surface area contributed by atoms with E-state index in [1.807, 2.05) is 6.07 Å². The topological polar surface area (TPSA) is 133 Å². The molecule has 1 aromatic carbocycles. The van der Waals surface area contributed by atoms with Gasteiger partial charge in [0, 0.05) is 76.0 Å². The highest BCUT2D eigenvalue weighted by Crippen LogP contribution is 2.80. The maximum atomic E-state index is 14.5. The lowest BCUT2D eigenvalue weighted by Gasteiger charge is -2.69. The average molecular weight is 840 g/mol. The maximum absolute atomic E-state index is 14.5. The second kappa shape index (κ2) is 19.3. The van der Waals surface area contributed by atoms with Crippen LogP contribution in [0.5, 0.6) is 0 Å². The molecule has 6 aliphatic rings. The van der Waals surface area contributed by atoms with Gasteiger partial charge >= 0.3 is 11.9 Å².